The van der Waals surface area contributed by atoms with Crippen LogP contribution in [0.4, 0.5) is 4.79 Å². The molecular weight excluding hydrogens is 248 g/mol. The number of hydrogen-bond donors (Lipinski definition) is 4. The molecule has 0 aromatic carbocycles. The van der Waals surface area contributed by atoms with Crippen LogP contribution in [0.5, 0.6) is 0 Å². The van der Waals surface area contributed by atoms with Crippen molar-refractivity contribution >= 4 is 12.0 Å². The van der Waals surface area contributed by atoms with E-state index >= 15 is 0 Å². The molecule has 0 radical (unpaired) electrons. The van der Waals surface area contributed by atoms with Crippen molar-refractivity contribution in [3.8, 4) is 0 Å². The Bertz CT molecular complexity index is 350. The van der Waals surface area contributed by atoms with Gasteiger partial charge < -0.3 is 20.8 Å². The van der Waals surface area contributed by atoms with Gasteiger partial charge in [0.25, 0.3) is 0 Å². The summed E-state index contributed by atoms with van der Waals surface area (Å²) in [5.74, 6) is 0.747. The van der Waals surface area contributed by atoms with Gasteiger partial charge in [0, 0.05) is 6.54 Å². The van der Waals surface area contributed by atoms with Crippen molar-refractivity contribution in [2.24, 2.45) is 17.8 Å². The lowest BCUT2D eigenvalue weighted by Gasteiger charge is -2.20. The van der Waals surface area contributed by atoms with Gasteiger partial charge in [0.2, 0.25) is 0 Å². The van der Waals surface area contributed by atoms with Gasteiger partial charge in [-0.05, 0) is 50.4 Å². The standard InChI is InChI=1S/C13H22N2O4/c1-13(19,11(16)17)7-15-12(18)14-6-10(8-2-3-8)9-4-5-9/h8-10,19H,2-7H2,1H3,(H,16,17)(H2,14,15,18). The summed E-state index contributed by atoms with van der Waals surface area (Å²) in [7, 11) is 0. The molecule has 0 heterocycles. The molecule has 0 aliphatic heterocycles. The van der Waals surface area contributed by atoms with Gasteiger partial charge in [0.15, 0.2) is 5.60 Å². The number of carbonyl (C=O) groups excluding carboxylic acids is 1. The largest absolute Gasteiger partial charge is 0.479 e. The molecule has 2 saturated carbocycles. The number of hydrogen-bond acceptors (Lipinski definition) is 3. The van der Waals surface area contributed by atoms with Crippen molar-refractivity contribution in [3.05, 3.63) is 0 Å². The first-order valence-corrected chi connectivity index (χ1v) is 6.87. The molecule has 6 heteroatoms. The van der Waals surface area contributed by atoms with Crippen molar-refractivity contribution in [1.82, 2.24) is 10.6 Å². The summed E-state index contributed by atoms with van der Waals surface area (Å²) < 4.78 is 0. The first-order chi connectivity index (χ1) is 8.90. The quantitative estimate of drug-likeness (QED) is 0.543. The summed E-state index contributed by atoms with van der Waals surface area (Å²) in [4.78, 5) is 22.2. The molecule has 2 rings (SSSR count). The van der Waals surface area contributed by atoms with Gasteiger partial charge in [-0.25, -0.2) is 9.59 Å². The molecule has 1 unspecified atom stereocenters. The Labute approximate surface area is 112 Å². The summed E-state index contributed by atoms with van der Waals surface area (Å²) in [5, 5.41) is 23.4. The van der Waals surface area contributed by atoms with Crippen LogP contribution >= 0.6 is 0 Å². The maximum Gasteiger partial charge on any atom is 0.337 e. The molecule has 0 bridgehead atoms. The zero-order chi connectivity index (χ0) is 14.0. The second kappa shape index (κ2) is 5.36. The highest BCUT2D eigenvalue weighted by atomic mass is 16.4. The third-order valence-electron chi connectivity index (χ3n) is 4.01. The zero-order valence-electron chi connectivity index (χ0n) is 11.2. The number of rotatable bonds is 7. The summed E-state index contributed by atoms with van der Waals surface area (Å²) in [5.41, 5.74) is -1.93. The summed E-state index contributed by atoms with van der Waals surface area (Å²) in [6.45, 7) is 1.51. The molecule has 6 nitrogen and oxygen atoms in total. The topological polar surface area (TPSA) is 98.7 Å². The predicted molar refractivity (Wildman–Crippen MR) is 68.6 cm³/mol. The number of amides is 2. The third-order valence-corrected chi connectivity index (χ3v) is 4.01. The van der Waals surface area contributed by atoms with Crippen molar-refractivity contribution < 1.29 is 19.8 Å². The van der Waals surface area contributed by atoms with Gasteiger partial charge in [-0.2, -0.15) is 0 Å². The van der Waals surface area contributed by atoms with E-state index in [0.717, 1.165) is 18.8 Å². The van der Waals surface area contributed by atoms with Crippen LogP contribution in [-0.4, -0.2) is 40.9 Å². The molecule has 0 saturated heterocycles. The van der Waals surface area contributed by atoms with E-state index in [1.165, 1.54) is 25.7 Å². The van der Waals surface area contributed by atoms with Crippen molar-refractivity contribution in [2.75, 3.05) is 13.1 Å². The van der Waals surface area contributed by atoms with Gasteiger partial charge >= 0.3 is 12.0 Å². The SMILES string of the molecule is CC(O)(CNC(=O)NCC(C1CC1)C1CC1)C(=O)O. The molecule has 0 spiro atoms. The number of nitrogens with one attached hydrogen (secondary N) is 2. The Morgan fingerprint density at radius 1 is 1.21 bits per heavy atom. The molecule has 2 aliphatic rings. The van der Waals surface area contributed by atoms with Crippen molar-refractivity contribution in [3.63, 3.8) is 0 Å². The van der Waals surface area contributed by atoms with Gasteiger partial charge in [-0.15, -0.1) is 0 Å². The Hall–Kier alpha value is -1.30. The van der Waals surface area contributed by atoms with Crippen LogP contribution in [0.25, 0.3) is 0 Å². The van der Waals surface area contributed by atoms with Crippen LogP contribution in [0.2, 0.25) is 0 Å². The highest BCUT2D eigenvalue weighted by Gasteiger charge is 2.41. The monoisotopic (exact) mass is 270 g/mol. The Balaban J connectivity index is 1.68. The fourth-order valence-corrected chi connectivity index (χ4v) is 2.37. The maximum atomic E-state index is 11.6. The number of carboxylic acids is 1. The fraction of sp³-hybridized carbons (Fsp3) is 0.846. The molecular formula is C13H22N2O4. The normalized spacial score (nSPS) is 21.8. The number of aliphatic hydroxyl groups is 1. The Morgan fingerprint density at radius 2 is 1.74 bits per heavy atom. The first kappa shape index (κ1) is 14.1. The summed E-state index contributed by atoms with van der Waals surface area (Å²) in [6, 6.07) is -0.409. The van der Waals surface area contributed by atoms with E-state index < -0.39 is 17.6 Å². The van der Waals surface area contributed by atoms with Crippen LogP contribution in [0.1, 0.15) is 32.6 Å². The molecule has 2 amide bonds. The van der Waals surface area contributed by atoms with Gasteiger partial charge in [-0.1, -0.05) is 0 Å². The van der Waals surface area contributed by atoms with E-state index in [9.17, 15) is 14.7 Å². The lowest BCUT2D eigenvalue weighted by Crippen LogP contribution is -2.49. The first-order valence-electron chi connectivity index (χ1n) is 6.87. The highest BCUT2D eigenvalue weighted by Crippen LogP contribution is 2.48. The zero-order valence-corrected chi connectivity index (χ0v) is 11.2. The molecule has 2 fully saturated rings. The van der Waals surface area contributed by atoms with Crippen LogP contribution in [0, 0.1) is 17.8 Å². The van der Waals surface area contributed by atoms with Gasteiger partial charge in [0.05, 0.1) is 6.54 Å². The minimum atomic E-state index is -1.93. The predicted octanol–water partition coefficient (Wildman–Crippen LogP) is 0.557. The van der Waals surface area contributed by atoms with Crippen molar-refractivity contribution in [2.45, 2.75) is 38.2 Å². The van der Waals surface area contributed by atoms with E-state index in [0.29, 0.717) is 12.5 Å². The maximum absolute atomic E-state index is 11.6. The minimum absolute atomic E-state index is 0.300. The molecule has 4 N–H and O–H groups in total. The van der Waals surface area contributed by atoms with Gasteiger partial charge in [-0.3, -0.25) is 0 Å². The third kappa shape index (κ3) is 4.09. The number of aliphatic carboxylic acids is 1. The second-order valence-corrected chi connectivity index (χ2v) is 5.98. The average Bonchev–Trinajstić information content (AvgIpc) is 3.19. The lowest BCUT2D eigenvalue weighted by atomic mass is 9.98. The van der Waals surface area contributed by atoms with E-state index in [1.54, 1.807) is 0 Å². The Kier molecular flexibility index (Phi) is 3.99. The average molecular weight is 270 g/mol. The smallest absolute Gasteiger partial charge is 0.337 e. The van der Waals surface area contributed by atoms with E-state index in [2.05, 4.69) is 10.6 Å². The highest BCUT2D eigenvalue weighted by molar-refractivity contribution is 5.79. The summed E-state index contributed by atoms with van der Waals surface area (Å²) >= 11 is 0. The van der Waals surface area contributed by atoms with Crippen LogP contribution < -0.4 is 10.6 Å². The fourth-order valence-electron chi connectivity index (χ4n) is 2.37. The number of urea groups is 1. The molecule has 2 aliphatic carbocycles. The molecule has 1 atom stereocenters. The summed E-state index contributed by atoms with van der Waals surface area (Å²) in [6.07, 6.45) is 5.05. The van der Waals surface area contributed by atoms with Gasteiger partial charge in [0.1, 0.15) is 0 Å². The number of carboxylic acid groups (broad SMARTS) is 1. The van der Waals surface area contributed by atoms with E-state index in [-0.39, 0.29) is 6.54 Å². The minimum Gasteiger partial charge on any atom is -0.479 e. The lowest BCUT2D eigenvalue weighted by molar-refractivity contribution is -0.155. The van der Waals surface area contributed by atoms with Crippen LogP contribution in [0.15, 0.2) is 0 Å². The Morgan fingerprint density at radius 3 is 2.16 bits per heavy atom. The van der Waals surface area contributed by atoms with Crippen LogP contribution in [-0.2, 0) is 4.79 Å². The number of carbonyl (C=O) groups is 2. The molecule has 108 valence electrons. The van der Waals surface area contributed by atoms with E-state index in [4.69, 9.17) is 5.11 Å². The molecule has 0 aromatic heterocycles. The van der Waals surface area contributed by atoms with Crippen LogP contribution in [0.3, 0.4) is 0 Å². The molecule has 19 heavy (non-hydrogen) atoms. The molecule has 0 aromatic rings. The van der Waals surface area contributed by atoms with E-state index in [1.807, 2.05) is 0 Å². The van der Waals surface area contributed by atoms with Crippen molar-refractivity contribution in [1.29, 1.82) is 0 Å². The second-order valence-electron chi connectivity index (χ2n) is 5.98.